The zero-order chi connectivity index (χ0) is 9.61. The Balaban J connectivity index is 0.000000217. The Morgan fingerprint density at radius 1 is 1.58 bits per heavy atom. The van der Waals surface area contributed by atoms with Crippen molar-refractivity contribution in [2.45, 2.75) is 0 Å². The van der Waals surface area contributed by atoms with Gasteiger partial charge in [0, 0.05) is 16.9 Å². The molecule has 1 aromatic heterocycles. The standard InChI is InChI=1S/C5H4BrN.CH4O3S/c6-5-2-1-3-7-4-5;1-5(2,3)4/h1-4H;1H3,(H,2,3,4). The second kappa shape index (κ2) is 5.23. The second-order valence-corrected chi connectivity index (χ2v) is 4.29. The van der Waals surface area contributed by atoms with Crippen molar-refractivity contribution in [1.29, 1.82) is 0 Å². The number of hydrogen-bond donors (Lipinski definition) is 1. The lowest BCUT2D eigenvalue weighted by molar-refractivity contribution is 0.490. The van der Waals surface area contributed by atoms with Crippen LogP contribution in [0, 0.1) is 0 Å². The predicted octanol–water partition coefficient (Wildman–Crippen LogP) is 1.35. The van der Waals surface area contributed by atoms with Gasteiger partial charge in [-0.3, -0.25) is 9.54 Å². The molecule has 1 rings (SSSR count). The van der Waals surface area contributed by atoms with Gasteiger partial charge in [-0.2, -0.15) is 8.42 Å². The third-order valence-corrected chi connectivity index (χ3v) is 1.09. The maximum Gasteiger partial charge on any atom is 0.261 e. The Morgan fingerprint density at radius 2 is 2.08 bits per heavy atom. The van der Waals surface area contributed by atoms with Gasteiger partial charge in [0.05, 0.1) is 6.26 Å². The first-order chi connectivity index (χ1) is 5.39. The molecular weight excluding hydrogens is 246 g/mol. The lowest BCUT2D eigenvalue weighted by atomic mass is 10.5. The summed E-state index contributed by atoms with van der Waals surface area (Å²) >= 11 is 3.25. The van der Waals surface area contributed by atoms with Crippen molar-refractivity contribution in [2.24, 2.45) is 0 Å². The molecule has 4 nitrogen and oxygen atoms in total. The molecule has 0 fully saturated rings. The van der Waals surface area contributed by atoms with Crippen LogP contribution in [0.2, 0.25) is 0 Å². The highest BCUT2D eigenvalue weighted by Gasteiger charge is 1.81. The van der Waals surface area contributed by atoms with Gasteiger partial charge < -0.3 is 0 Å². The summed E-state index contributed by atoms with van der Waals surface area (Å²) in [5.41, 5.74) is 0. The van der Waals surface area contributed by atoms with Crippen molar-refractivity contribution >= 4 is 26.0 Å². The van der Waals surface area contributed by atoms with Crippen molar-refractivity contribution in [3.8, 4) is 0 Å². The van der Waals surface area contributed by atoms with E-state index in [4.69, 9.17) is 4.55 Å². The van der Waals surface area contributed by atoms with E-state index < -0.39 is 10.1 Å². The first-order valence-electron chi connectivity index (χ1n) is 2.87. The van der Waals surface area contributed by atoms with Crippen molar-refractivity contribution in [2.75, 3.05) is 6.26 Å². The van der Waals surface area contributed by atoms with E-state index in [1.807, 2.05) is 12.1 Å². The third-order valence-electron chi connectivity index (χ3n) is 0.625. The van der Waals surface area contributed by atoms with Gasteiger partial charge in [-0.15, -0.1) is 0 Å². The third kappa shape index (κ3) is 12.2. The minimum Gasteiger partial charge on any atom is -0.286 e. The minimum absolute atomic E-state index is 0.715. The molecule has 12 heavy (non-hydrogen) atoms. The van der Waals surface area contributed by atoms with Crippen LogP contribution < -0.4 is 0 Å². The summed E-state index contributed by atoms with van der Waals surface area (Å²) in [7, 11) is -3.67. The number of pyridine rings is 1. The Labute approximate surface area is 79.5 Å². The van der Waals surface area contributed by atoms with Gasteiger partial charge >= 0.3 is 0 Å². The fourth-order valence-electron chi connectivity index (χ4n) is 0.342. The quantitative estimate of drug-likeness (QED) is 0.709. The van der Waals surface area contributed by atoms with Crippen LogP contribution in [0.4, 0.5) is 0 Å². The summed E-state index contributed by atoms with van der Waals surface area (Å²) in [6.45, 7) is 0. The van der Waals surface area contributed by atoms with E-state index in [0.29, 0.717) is 6.26 Å². The van der Waals surface area contributed by atoms with Crippen LogP contribution in [-0.2, 0) is 10.1 Å². The lowest BCUT2D eigenvalue weighted by Crippen LogP contribution is -1.88. The molecule has 0 radical (unpaired) electrons. The molecule has 0 atom stereocenters. The van der Waals surface area contributed by atoms with Gasteiger partial charge in [-0.05, 0) is 28.1 Å². The van der Waals surface area contributed by atoms with Gasteiger partial charge in [0.2, 0.25) is 0 Å². The van der Waals surface area contributed by atoms with Crippen molar-refractivity contribution in [3.05, 3.63) is 29.0 Å². The Kier molecular flexibility index (Phi) is 5.03. The van der Waals surface area contributed by atoms with Crippen molar-refractivity contribution < 1.29 is 13.0 Å². The molecule has 0 spiro atoms. The Bertz CT molecular complexity index is 303. The molecule has 6 heteroatoms. The first-order valence-corrected chi connectivity index (χ1v) is 5.51. The Hall–Kier alpha value is -0.460. The predicted molar refractivity (Wildman–Crippen MR) is 49.4 cm³/mol. The van der Waals surface area contributed by atoms with E-state index in [1.165, 1.54) is 0 Å². The fourth-order valence-corrected chi connectivity index (χ4v) is 0.613. The average Bonchev–Trinajstić information content (AvgIpc) is 1.85. The fraction of sp³-hybridized carbons (Fsp3) is 0.167. The van der Waals surface area contributed by atoms with Gasteiger partial charge in [0.25, 0.3) is 10.1 Å². The van der Waals surface area contributed by atoms with Crippen molar-refractivity contribution in [1.82, 2.24) is 4.98 Å². The maximum absolute atomic E-state index is 9.19. The molecule has 0 amide bonds. The van der Waals surface area contributed by atoms with Crippen LogP contribution in [0.3, 0.4) is 0 Å². The smallest absolute Gasteiger partial charge is 0.261 e. The first kappa shape index (κ1) is 11.5. The molecule has 0 aliphatic carbocycles. The van der Waals surface area contributed by atoms with Gasteiger partial charge in [-0.1, -0.05) is 0 Å². The molecule has 0 aliphatic heterocycles. The van der Waals surface area contributed by atoms with Crippen LogP contribution in [0.5, 0.6) is 0 Å². The molecule has 0 saturated heterocycles. The zero-order valence-electron chi connectivity index (χ0n) is 6.31. The van der Waals surface area contributed by atoms with E-state index in [9.17, 15) is 8.42 Å². The summed E-state index contributed by atoms with van der Waals surface area (Å²) in [6.07, 6.45) is 4.21. The van der Waals surface area contributed by atoms with Crippen LogP contribution in [0.25, 0.3) is 0 Å². The van der Waals surface area contributed by atoms with Gasteiger partial charge in [0.1, 0.15) is 0 Å². The second-order valence-electron chi connectivity index (χ2n) is 1.90. The van der Waals surface area contributed by atoms with Crippen molar-refractivity contribution in [3.63, 3.8) is 0 Å². The molecule has 0 saturated carbocycles. The summed E-state index contributed by atoms with van der Waals surface area (Å²) in [5.74, 6) is 0. The molecule has 1 aromatic rings. The summed E-state index contributed by atoms with van der Waals surface area (Å²) in [6, 6.07) is 3.82. The SMILES string of the molecule is Brc1cccnc1.CS(=O)(=O)O. The van der Waals surface area contributed by atoms with Crippen LogP contribution in [-0.4, -0.2) is 24.2 Å². The van der Waals surface area contributed by atoms with Crippen LogP contribution in [0.15, 0.2) is 29.0 Å². The number of rotatable bonds is 0. The molecule has 0 aromatic carbocycles. The van der Waals surface area contributed by atoms with Gasteiger partial charge in [0.15, 0.2) is 0 Å². The molecule has 0 bridgehead atoms. The van der Waals surface area contributed by atoms with E-state index >= 15 is 0 Å². The maximum atomic E-state index is 9.19. The largest absolute Gasteiger partial charge is 0.286 e. The number of aromatic nitrogens is 1. The number of hydrogen-bond acceptors (Lipinski definition) is 3. The van der Waals surface area contributed by atoms with E-state index in [2.05, 4.69) is 20.9 Å². The molecule has 0 aliphatic rings. The van der Waals surface area contributed by atoms with Crippen LogP contribution >= 0.6 is 15.9 Å². The Morgan fingerprint density at radius 3 is 2.25 bits per heavy atom. The van der Waals surface area contributed by atoms with Gasteiger partial charge in [-0.25, -0.2) is 0 Å². The van der Waals surface area contributed by atoms with E-state index in [0.717, 1.165) is 4.47 Å². The zero-order valence-corrected chi connectivity index (χ0v) is 8.71. The van der Waals surface area contributed by atoms with E-state index in [1.54, 1.807) is 12.4 Å². The average molecular weight is 254 g/mol. The molecule has 1 N–H and O–H groups in total. The molecule has 0 unspecified atom stereocenters. The van der Waals surface area contributed by atoms with Crippen LogP contribution in [0.1, 0.15) is 0 Å². The summed E-state index contributed by atoms with van der Waals surface area (Å²) < 4.78 is 26.9. The topological polar surface area (TPSA) is 67.3 Å². The number of nitrogens with zero attached hydrogens (tertiary/aromatic N) is 1. The molecule has 68 valence electrons. The lowest BCUT2D eigenvalue weighted by Gasteiger charge is -1.80. The highest BCUT2D eigenvalue weighted by molar-refractivity contribution is 9.10. The van der Waals surface area contributed by atoms with E-state index in [-0.39, 0.29) is 0 Å². The highest BCUT2D eigenvalue weighted by atomic mass is 79.9. The highest BCUT2D eigenvalue weighted by Crippen LogP contribution is 2.02. The number of halogens is 1. The monoisotopic (exact) mass is 253 g/mol. The minimum atomic E-state index is -3.67. The molecule has 1 heterocycles. The molecular formula is C6H8BrNO3S. The normalized spacial score (nSPS) is 9.92. The summed E-state index contributed by atoms with van der Waals surface area (Å²) in [5, 5.41) is 0. The summed E-state index contributed by atoms with van der Waals surface area (Å²) in [4.78, 5) is 3.84.